The van der Waals surface area contributed by atoms with Gasteiger partial charge in [0.1, 0.15) is 17.4 Å². The summed E-state index contributed by atoms with van der Waals surface area (Å²) < 4.78 is 5.50. The van der Waals surface area contributed by atoms with Gasteiger partial charge in [-0.2, -0.15) is 5.26 Å². The second kappa shape index (κ2) is 8.05. The lowest BCUT2D eigenvalue weighted by Gasteiger charge is -2.27. The summed E-state index contributed by atoms with van der Waals surface area (Å²) in [4.78, 5) is 14.0. The molecule has 0 saturated carbocycles. The molecule has 0 bridgehead atoms. The van der Waals surface area contributed by atoms with Crippen molar-refractivity contribution in [1.82, 2.24) is 10.2 Å². The Kier molecular flexibility index (Phi) is 5.81. The molecule has 116 valence electrons. The molecule has 22 heavy (non-hydrogen) atoms. The first-order valence-corrected chi connectivity index (χ1v) is 7.35. The van der Waals surface area contributed by atoms with Crippen LogP contribution in [0.25, 0.3) is 0 Å². The number of piperazine rings is 1. The molecule has 0 atom stereocenters. The van der Waals surface area contributed by atoms with Crippen molar-refractivity contribution in [2.75, 3.05) is 38.1 Å². The quantitative estimate of drug-likeness (QED) is 0.634. The predicted molar refractivity (Wildman–Crippen MR) is 84.4 cm³/mol. The normalized spacial score (nSPS) is 15.1. The number of anilines is 1. The van der Waals surface area contributed by atoms with Crippen molar-refractivity contribution >= 4 is 11.6 Å². The van der Waals surface area contributed by atoms with E-state index in [1.54, 1.807) is 4.90 Å². The summed E-state index contributed by atoms with van der Waals surface area (Å²) in [5, 5.41) is 15.4. The molecule has 1 aliphatic rings. The van der Waals surface area contributed by atoms with Crippen LogP contribution < -0.4 is 15.4 Å². The third kappa shape index (κ3) is 3.99. The topological polar surface area (TPSA) is 77.4 Å². The van der Waals surface area contributed by atoms with E-state index < -0.39 is 0 Å². The van der Waals surface area contributed by atoms with E-state index in [0.717, 1.165) is 18.8 Å². The molecule has 0 aliphatic carbocycles. The van der Waals surface area contributed by atoms with E-state index >= 15 is 0 Å². The fourth-order valence-corrected chi connectivity index (χ4v) is 2.20. The summed E-state index contributed by atoms with van der Waals surface area (Å²) >= 11 is 0. The minimum Gasteiger partial charge on any atom is -0.492 e. The molecule has 1 heterocycles. The number of hydrogen-bond donors (Lipinski definition) is 2. The summed E-state index contributed by atoms with van der Waals surface area (Å²) in [6, 6.07) is 9.38. The van der Waals surface area contributed by atoms with Crippen LogP contribution in [0.15, 0.2) is 36.0 Å². The molecule has 0 spiro atoms. The molecule has 6 nitrogen and oxygen atoms in total. The Morgan fingerprint density at radius 2 is 2.18 bits per heavy atom. The van der Waals surface area contributed by atoms with Crippen molar-refractivity contribution in [3.05, 3.63) is 36.0 Å². The standard InChI is InChI=1S/C16H20N4O2/c1-2-22-15-6-4-3-5-14(15)19-12-13(11-17)16(21)20-9-7-18-8-10-20/h3-6,12,18-19H,2,7-10H2,1H3/b13-12-. The number of carbonyl (C=O) groups excluding carboxylic acids is 1. The lowest BCUT2D eigenvalue weighted by molar-refractivity contribution is -0.127. The number of nitrogens with one attached hydrogen (secondary N) is 2. The molecule has 1 amide bonds. The van der Waals surface area contributed by atoms with Gasteiger partial charge >= 0.3 is 0 Å². The number of benzene rings is 1. The molecule has 1 saturated heterocycles. The van der Waals surface area contributed by atoms with Gasteiger partial charge in [0.05, 0.1) is 12.3 Å². The van der Waals surface area contributed by atoms with Gasteiger partial charge in [-0.3, -0.25) is 4.79 Å². The zero-order valence-corrected chi connectivity index (χ0v) is 12.6. The fourth-order valence-electron chi connectivity index (χ4n) is 2.20. The van der Waals surface area contributed by atoms with Gasteiger partial charge in [0.25, 0.3) is 5.91 Å². The number of para-hydroxylation sites is 2. The van der Waals surface area contributed by atoms with Crippen LogP contribution in [0.5, 0.6) is 5.75 Å². The van der Waals surface area contributed by atoms with Crippen LogP contribution in [0, 0.1) is 11.3 Å². The van der Waals surface area contributed by atoms with E-state index in [4.69, 9.17) is 4.74 Å². The third-order valence-electron chi connectivity index (χ3n) is 3.31. The van der Waals surface area contributed by atoms with Crippen LogP contribution in [0.1, 0.15) is 6.92 Å². The first-order valence-electron chi connectivity index (χ1n) is 7.35. The van der Waals surface area contributed by atoms with Gasteiger partial charge in [-0.05, 0) is 19.1 Å². The molecule has 0 radical (unpaired) electrons. The number of rotatable bonds is 5. The Hall–Kier alpha value is -2.52. The van der Waals surface area contributed by atoms with Crippen molar-refractivity contribution in [2.24, 2.45) is 0 Å². The minimum atomic E-state index is -0.245. The Bertz CT molecular complexity index is 586. The van der Waals surface area contributed by atoms with Crippen LogP contribution in [0.2, 0.25) is 0 Å². The SMILES string of the molecule is CCOc1ccccc1N/C=C(/C#N)C(=O)N1CCNCC1. The summed E-state index contributed by atoms with van der Waals surface area (Å²) in [5.74, 6) is 0.443. The van der Waals surface area contributed by atoms with Crippen molar-refractivity contribution in [2.45, 2.75) is 6.92 Å². The van der Waals surface area contributed by atoms with Gasteiger partial charge < -0.3 is 20.3 Å². The Morgan fingerprint density at radius 3 is 2.86 bits per heavy atom. The maximum absolute atomic E-state index is 12.3. The summed E-state index contributed by atoms with van der Waals surface area (Å²) in [6.45, 7) is 5.20. The number of ether oxygens (including phenoxy) is 1. The summed E-state index contributed by atoms with van der Waals surface area (Å²) in [5.41, 5.74) is 0.818. The van der Waals surface area contributed by atoms with Gasteiger partial charge in [0.15, 0.2) is 0 Å². The Balaban J connectivity index is 2.09. The number of amides is 1. The highest BCUT2D eigenvalue weighted by Gasteiger charge is 2.20. The lowest BCUT2D eigenvalue weighted by Crippen LogP contribution is -2.46. The number of carbonyl (C=O) groups is 1. The van der Waals surface area contributed by atoms with Gasteiger partial charge in [0.2, 0.25) is 0 Å². The molecule has 6 heteroatoms. The lowest BCUT2D eigenvalue weighted by atomic mass is 10.2. The largest absolute Gasteiger partial charge is 0.492 e. The van der Waals surface area contributed by atoms with Crippen molar-refractivity contribution < 1.29 is 9.53 Å². The van der Waals surface area contributed by atoms with Gasteiger partial charge in [-0.15, -0.1) is 0 Å². The van der Waals surface area contributed by atoms with Crippen LogP contribution in [-0.2, 0) is 4.79 Å². The van der Waals surface area contributed by atoms with Crippen molar-refractivity contribution in [3.63, 3.8) is 0 Å². The van der Waals surface area contributed by atoms with E-state index in [-0.39, 0.29) is 11.5 Å². The van der Waals surface area contributed by atoms with Crippen LogP contribution in [0.4, 0.5) is 5.69 Å². The molecular weight excluding hydrogens is 280 g/mol. The van der Waals surface area contributed by atoms with E-state index in [1.807, 2.05) is 37.3 Å². The second-order valence-electron chi connectivity index (χ2n) is 4.79. The van der Waals surface area contributed by atoms with E-state index in [0.29, 0.717) is 25.4 Å². The molecule has 0 unspecified atom stereocenters. The highest BCUT2D eigenvalue weighted by atomic mass is 16.5. The molecule has 1 aromatic rings. The fraction of sp³-hybridized carbons (Fsp3) is 0.375. The van der Waals surface area contributed by atoms with Gasteiger partial charge in [0, 0.05) is 32.4 Å². The smallest absolute Gasteiger partial charge is 0.266 e. The zero-order chi connectivity index (χ0) is 15.8. The van der Waals surface area contributed by atoms with E-state index in [2.05, 4.69) is 10.6 Å². The molecule has 2 rings (SSSR count). The highest BCUT2D eigenvalue weighted by molar-refractivity contribution is 5.97. The summed E-state index contributed by atoms with van der Waals surface area (Å²) in [6.07, 6.45) is 1.45. The Morgan fingerprint density at radius 1 is 1.45 bits per heavy atom. The molecule has 1 fully saturated rings. The molecular formula is C16H20N4O2. The number of hydrogen-bond acceptors (Lipinski definition) is 5. The Labute approximate surface area is 130 Å². The first kappa shape index (κ1) is 15.9. The average molecular weight is 300 g/mol. The first-order chi connectivity index (χ1) is 10.8. The monoisotopic (exact) mass is 300 g/mol. The van der Waals surface area contributed by atoms with Gasteiger partial charge in [-0.25, -0.2) is 0 Å². The maximum Gasteiger partial charge on any atom is 0.266 e. The van der Waals surface area contributed by atoms with Crippen molar-refractivity contribution in [1.29, 1.82) is 5.26 Å². The molecule has 1 aliphatic heterocycles. The number of nitrogens with zero attached hydrogens (tertiary/aromatic N) is 2. The minimum absolute atomic E-state index is 0.0909. The van der Waals surface area contributed by atoms with Gasteiger partial charge in [-0.1, -0.05) is 12.1 Å². The van der Waals surface area contributed by atoms with Crippen molar-refractivity contribution in [3.8, 4) is 11.8 Å². The van der Waals surface area contributed by atoms with Crippen LogP contribution >= 0.6 is 0 Å². The molecule has 2 N–H and O–H groups in total. The third-order valence-corrected chi connectivity index (χ3v) is 3.31. The number of nitriles is 1. The molecule has 0 aromatic heterocycles. The molecule has 1 aromatic carbocycles. The van der Waals surface area contributed by atoms with E-state index in [9.17, 15) is 10.1 Å². The van der Waals surface area contributed by atoms with E-state index in [1.165, 1.54) is 6.20 Å². The van der Waals surface area contributed by atoms with Crippen LogP contribution in [0.3, 0.4) is 0 Å². The summed E-state index contributed by atoms with van der Waals surface area (Å²) in [7, 11) is 0. The second-order valence-corrected chi connectivity index (χ2v) is 4.79. The average Bonchev–Trinajstić information content (AvgIpc) is 2.57. The maximum atomic E-state index is 12.3. The van der Waals surface area contributed by atoms with Crippen LogP contribution in [-0.4, -0.2) is 43.6 Å². The highest BCUT2D eigenvalue weighted by Crippen LogP contribution is 2.23. The zero-order valence-electron chi connectivity index (χ0n) is 12.6. The predicted octanol–water partition coefficient (Wildman–Crippen LogP) is 1.34.